The summed E-state index contributed by atoms with van der Waals surface area (Å²) in [4.78, 5) is 13.1. The van der Waals surface area contributed by atoms with Gasteiger partial charge in [0.15, 0.2) is 5.16 Å². The Morgan fingerprint density at radius 1 is 1.35 bits per heavy atom. The average Bonchev–Trinajstić information content (AvgIpc) is 2.96. The standard InChI is InChI=1S/C15H13N5S3/c1-21-14-5-13(17)19-15(20-14)22-3-2-10-4-11-9(6-16)8-23-12(11)7-18-10/h4-5,7-8H,2-3H2,1H3,(H2,17,19,20). The van der Waals surface area contributed by atoms with E-state index in [4.69, 9.17) is 11.0 Å². The predicted molar refractivity (Wildman–Crippen MR) is 97.0 cm³/mol. The van der Waals surface area contributed by atoms with Gasteiger partial charge in [-0.2, -0.15) is 5.26 Å². The molecule has 0 bridgehead atoms. The van der Waals surface area contributed by atoms with E-state index >= 15 is 0 Å². The Kier molecular flexibility index (Phi) is 5.00. The number of nitriles is 1. The molecular weight excluding hydrogens is 346 g/mol. The molecule has 23 heavy (non-hydrogen) atoms. The molecule has 3 rings (SSSR count). The van der Waals surface area contributed by atoms with Crippen molar-refractivity contribution in [2.75, 3.05) is 17.7 Å². The Labute approximate surface area is 146 Å². The van der Waals surface area contributed by atoms with Crippen molar-refractivity contribution in [1.29, 1.82) is 5.26 Å². The van der Waals surface area contributed by atoms with Gasteiger partial charge in [-0.15, -0.1) is 23.1 Å². The van der Waals surface area contributed by atoms with E-state index in [1.165, 1.54) is 0 Å². The summed E-state index contributed by atoms with van der Waals surface area (Å²) >= 11 is 4.65. The van der Waals surface area contributed by atoms with Crippen LogP contribution in [0.2, 0.25) is 0 Å². The summed E-state index contributed by atoms with van der Waals surface area (Å²) in [5.41, 5.74) is 7.46. The topological polar surface area (TPSA) is 88.5 Å². The van der Waals surface area contributed by atoms with Crippen molar-refractivity contribution in [1.82, 2.24) is 15.0 Å². The number of pyridine rings is 1. The lowest BCUT2D eigenvalue weighted by atomic mass is 10.2. The number of nitrogen functional groups attached to an aromatic ring is 1. The van der Waals surface area contributed by atoms with Crippen LogP contribution in [0.4, 0.5) is 5.82 Å². The lowest BCUT2D eigenvalue weighted by molar-refractivity contribution is 0.898. The minimum atomic E-state index is 0.489. The summed E-state index contributed by atoms with van der Waals surface area (Å²) in [6, 6.07) is 5.99. The van der Waals surface area contributed by atoms with E-state index < -0.39 is 0 Å². The minimum absolute atomic E-state index is 0.489. The summed E-state index contributed by atoms with van der Waals surface area (Å²) in [5.74, 6) is 1.30. The highest BCUT2D eigenvalue weighted by atomic mass is 32.2. The lowest BCUT2D eigenvalue weighted by Gasteiger charge is -2.04. The molecule has 3 aromatic rings. The molecule has 8 heteroatoms. The molecule has 0 aromatic carbocycles. The SMILES string of the molecule is CSc1cc(N)nc(SCCc2cc3c(C#N)csc3cn2)n1. The fraction of sp³-hybridized carbons (Fsp3) is 0.200. The molecule has 0 saturated carbocycles. The van der Waals surface area contributed by atoms with Crippen molar-refractivity contribution in [3.8, 4) is 6.07 Å². The first-order chi connectivity index (χ1) is 11.2. The van der Waals surface area contributed by atoms with Crippen LogP contribution >= 0.6 is 34.9 Å². The van der Waals surface area contributed by atoms with Crippen LogP contribution in [0.1, 0.15) is 11.3 Å². The third-order valence-electron chi connectivity index (χ3n) is 3.14. The summed E-state index contributed by atoms with van der Waals surface area (Å²) in [5, 5.41) is 13.5. The number of hydrogen-bond donors (Lipinski definition) is 1. The average molecular weight is 360 g/mol. The molecule has 0 aliphatic carbocycles. The van der Waals surface area contributed by atoms with Gasteiger partial charge in [-0.1, -0.05) is 11.8 Å². The molecule has 2 N–H and O–H groups in total. The van der Waals surface area contributed by atoms with Crippen molar-refractivity contribution >= 4 is 50.8 Å². The van der Waals surface area contributed by atoms with Gasteiger partial charge >= 0.3 is 0 Å². The summed E-state index contributed by atoms with van der Waals surface area (Å²) < 4.78 is 1.04. The summed E-state index contributed by atoms with van der Waals surface area (Å²) in [6.07, 6.45) is 4.58. The van der Waals surface area contributed by atoms with Gasteiger partial charge in [-0.3, -0.25) is 4.98 Å². The van der Waals surface area contributed by atoms with Gasteiger partial charge in [0.2, 0.25) is 0 Å². The minimum Gasteiger partial charge on any atom is -0.384 e. The number of thiophene rings is 1. The Balaban J connectivity index is 1.69. The zero-order chi connectivity index (χ0) is 16.2. The number of anilines is 1. The van der Waals surface area contributed by atoms with Gasteiger partial charge in [0, 0.05) is 34.5 Å². The number of nitrogens with two attached hydrogens (primary N) is 1. The van der Waals surface area contributed by atoms with Crippen LogP contribution in [0.15, 0.2) is 33.9 Å². The van der Waals surface area contributed by atoms with Crippen LogP contribution in [-0.2, 0) is 6.42 Å². The summed E-state index contributed by atoms with van der Waals surface area (Å²) in [6.45, 7) is 0. The summed E-state index contributed by atoms with van der Waals surface area (Å²) in [7, 11) is 0. The molecular formula is C15H13N5S3. The van der Waals surface area contributed by atoms with Gasteiger partial charge in [-0.25, -0.2) is 9.97 Å². The molecule has 0 unspecified atom stereocenters. The highest BCUT2D eigenvalue weighted by molar-refractivity contribution is 7.99. The van der Waals surface area contributed by atoms with Crippen molar-refractivity contribution in [2.24, 2.45) is 0 Å². The fourth-order valence-electron chi connectivity index (χ4n) is 2.04. The predicted octanol–water partition coefficient (Wildman–Crippen LogP) is 3.60. The van der Waals surface area contributed by atoms with Crippen LogP contribution in [0, 0.1) is 11.3 Å². The van der Waals surface area contributed by atoms with Crippen LogP contribution in [-0.4, -0.2) is 27.0 Å². The van der Waals surface area contributed by atoms with E-state index in [0.29, 0.717) is 16.5 Å². The monoisotopic (exact) mass is 359 g/mol. The molecule has 0 aliphatic heterocycles. The number of hydrogen-bond acceptors (Lipinski definition) is 8. The second-order valence-corrected chi connectivity index (χ2v) is 7.45. The zero-order valence-electron chi connectivity index (χ0n) is 12.3. The van der Waals surface area contributed by atoms with E-state index in [2.05, 4.69) is 21.0 Å². The van der Waals surface area contributed by atoms with Gasteiger partial charge < -0.3 is 5.73 Å². The van der Waals surface area contributed by atoms with Crippen molar-refractivity contribution in [3.05, 3.63) is 35.0 Å². The lowest BCUT2D eigenvalue weighted by Crippen LogP contribution is -1.98. The Hall–Kier alpha value is -1.82. The third kappa shape index (κ3) is 3.75. The number of nitrogens with zero attached hydrogens (tertiary/aromatic N) is 4. The number of aryl methyl sites for hydroxylation is 1. The number of rotatable bonds is 5. The van der Waals surface area contributed by atoms with Crippen molar-refractivity contribution in [2.45, 2.75) is 16.6 Å². The van der Waals surface area contributed by atoms with Gasteiger partial charge in [0.05, 0.1) is 10.3 Å². The molecule has 0 spiro atoms. The largest absolute Gasteiger partial charge is 0.384 e. The van der Waals surface area contributed by atoms with Crippen LogP contribution in [0.3, 0.4) is 0 Å². The van der Waals surface area contributed by atoms with Crippen LogP contribution in [0.25, 0.3) is 10.1 Å². The van der Waals surface area contributed by atoms with E-state index in [1.54, 1.807) is 40.9 Å². The quantitative estimate of drug-likeness (QED) is 0.423. The molecule has 5 nitrogen and oxygen atoms in total. The molecule has 0 atom stereocenters. The Bertz CT molecular complexity index is 884. The van der Waals surface area contributed by atoms with Gasteiger partial charge in [-0.05, 0) is 18.7 Å². The second kappa shape index (κ2) is 7.17. The highest BCUT2D eigenvalue weighted by Gasteiger charge is 2.07. The maximum atomic E-state index is 9.12. The maximum absolute atomic E-state index is 9.12. The van der Waals surface area contributed by atoms with E-state index in [9.17, 15) is 0 Å². The molecule has 0 saturated heterocycles. The Morgan fingerprint density at radius 2 is 2.22 bits per heavy atom. The van der Waals surface area contributed by atoms with E-state index in [-0.39, 0.29) is 0 Å². The van der Waals surface area contributed by atoms with Crippen LogP contribution < -0.4 is 5.73 Å². The molecule has 3 aromatic heterocycles. The van der Waals surface area contributed by atoms with Gasteiger partial charge in [0.1, 0.15) is 16.9 Å². The number of fused-ring (bicyclic) bond motifs is 1. The normalized spacial score (nSPS) is 10.8. The third-order valence-corrected chi connectivity index (χ3v) is 5.55. The maximum Gasteiger partial charge on any atom is 0.190 e. The first-order valence-electron chi connectivity index (χ1n) is 6.77. The first-order valence-corrected chi connectivity index (χ1v) is 9.86. The van der Waals surface area contributed by atoms with Gasteiger partial charge in [0.25, 0.3) is 0 Å². The smallest absolute Gasteiger partial charge is 0.190 e. The number of aromatic nitrogens is 3. The Morgan fingerprint density at radius 3 is 3.00 bits per heavy atom. The van der Waals surface area contributed by atoms with Crippen molar-refractivity contribution < 1.29 is 0 Å². The molecule has 0 aliphatic rings. The zero-order valence-corrected chi connectivity index (χ0v) is 14.8. The molecule has 3 heterocycles. The second-order valence-electron chi connectivity index (χ2n) is 4.65. The van der Waals surface area contributed by atoms with E-state index in [0.717, 1.165) is 33.0 Å². The van der Waals surface area contributed by atoms with E-state index in [1.807, 2.05) is 23.9 Å². The fourth-order valence-corrected chi connectivity index (χ4v) is 4.17. The number of thioether (sulfide) groups is 2. The first kappa shape index (κ1) is 16.1. The van der Waals surface area contributed by atoms with Crippen LogP contribution in [0.5, 0.6) is 0 Å². The molecule has 0 fully saturated rings. The molecule has 0 amide bonds. The van der Waals surface area contributed by atoms with Crippen molar-refractivity contribution in [3.63, 3.8) is 0 Å². The highest BCUT2D eigenvalue weighted by Crippen LogP contribution is 2.26. The molecule has 0 radical (unpaired) electrons. The molecule has 116 valence electrons.